The average Bonchev–Trinajstić information content (AvgIpc) is 2.42. The number of nitrogens with one attached hydrogen (secondary N) is 2. The van der Waals surface area contributed by atoms with Crippen LogP contribution in [0.25, 0.3) is 0 Å². The van der Waals surface area contributed by atoms with Crippen LogP contribution in [0.1, 0.15) is 27.2 Å². The summed E-state index contributed by atoms with van der Waals surface area (Å²) in [5.74, 6) is 0.531. The first-order valence-corrected chi connectivity index (χ1v) is 8.86. The van der Waals surface area contributed by atoms with Gasteiger partial charge in [-0.1, -0.05) is 32.9 Å². The van der Waals surface area contributed by atoms with Gasteiger partial charge in [0.05, 0.1) is 5.69 Å². The maximum Gasteiger partial charge on any atom is 0.242 e. The monoisotopic (exact) mass is 314 g/mol. The third-order valence-electron chi connectivity index (χ3n) is 2.74. The molecule has 0 aliphatic heterocycles. The predicted octanol–water partition coefficient (Wildman–Crippen LogP) is 2.46. The van der Waals surface area contributed by atoms with Crippen molar-refractivity contribution in [1.29, 1.82) is 0 Å². The van der Waals surface area contributed by atoms with Crippen LogP contribution in [0.15, 0.2) is 29.2 Å². The van der Waals surface area contributed by atoms with Gasteiger partial charge >= 0.3 is 0 Å². The molecule has 1 aromatic rings. The third kappa shape index (κ3) is 6.46. The molecule has 21 heavy (non-hydrogen) atoms. The van der Waals surface area contributed by atoms with Crippen molar-refractivity contribution in [3.8, 4) is 0 Å². The van der Waals surface area contributed by atoms with Gasteiger partial charge in [0.15, 0.2) is 0 Å². The van der Waals surface area contributed by atoms with Gasteiger partial charge in [-0.15, -0.1) is 0 Å². The number of ether oxygens (including phenoxy) is 1. The summed E-state index contributed by atoms with van der Waals surface area (Å²) in [6, 6.07) is 6.93. The Kier molecular flexibility index (Phi) is 7.71. The quantitative estimate of drug-likeness (QED) is 0.651. The smallest absolute Gasteiger partial charge is 0.242 e. The van der Waals surface area contributed by atoms with Gasteiger partial charge < -0.3 is 10.1 Å². The number of hydrogen-bond acceptors (Lipinski definition) is 4. The highest BCUT2D eigenvalue weighted by Crippen LogP contribution is 2.20. The number of hydrogen-bond donors (Lipinski definition) is 2. The summed E-state index contributed by atoms with van der Waals surface area (Å²) in [6.07, 6.45) is 0.836. The number of anilines is 1. The molecule has 0 saturated carbocycles. The van der Waals surface area contributed by atoms with Crippen LogP contribution in [0.3, 0.4) is 0 Å². The van der Waals surface area contributed by atoms with Gasteiger partial charge in [-0.25, -0.2) is 13.1 Å². The molecule has 0 saturated heterocycles. The number of sulfonamides is 1. The first-order chi connectivity index (χ1) is 9.97. The molecule has 0 atom stereocenters. The molecule has 2 N–H and O–H groups in total. The Labute approximate surface area is 128 Å². The van der Waals surface area contributed by atoms with E-state index < -0.39 is 10.0 Å². The van der Waals surface area contributed by atoms with Crippen molar-refractivity contribution >= 4 is 15.7 Å². The lowest BCUT2D eigenvalue weighted by Gasteiger charge is -2.13. The minimum Gasteiger partial charge on any atom is -0.384 e. The average molecular weight is 314 g/mol. The van der Waals surface area contributed by atoms with Crippen molar-refractivity contribution in [3.05, 3.63) is 24.3 Å². The Morgan fingerprint density at radius 1 is 1.24 bits per heavy atom. The zero-order chi connectivity index (χ0) is 15.7. The van der Waals surface area contributed by atoms with E-state index in [-0.39, 0.29) is 4.90 Å². The van der Waals surface area contributed by atoms with Gasteiger partial charge in [0.25, 0.3) is 0 Å². The third-order valence-corrected chi connectivity index (χ3v) is 4.35. The summed E-state index contributed by atoms with van der Waals surface area (Å²) in [7, 11) is -3.44. The second-order valence-corrected chi connectivity index (χ2v) is 6.98. The fraction of sp³-hybridized carbons (Fsp3) is 0.600. The van der Waals surface area contributed by atoms with Gasteiger partial charge in [-0.05, 0) is 24.5 Å². The predicted molar refractivity (Wildman–Crippen MR) is 86.1 cm³/mol. The van der Waals surface area contributed by atoms with Crippen molar-refractivity contribution in [2.75, 3.05) is 31.6 Å². The summed E-state index contributed by atoms with van der Waals surface area (Å²) in [6.45, 7) is 8.47. The maximum absolute atomic E-state index is 12.1. The van der Waals surface area contributed by atoms with Crippen LogP contribution in [0, 0.1) is 5.92 Å². The normalized spacial score (nSPS) is 11.8. The first-order valence-electron chi connectivity index (χ1n) is 7.37. The zero-order valence-corrected chi connectivity index (χ0v) is 13.9. The highest BCUT2D eigenvalue weighted by atomic mass is 32.2. The van der Waals surface area contributed by atoms with Gasteiger partial charge in [0.2, 0.25) is 10.0 Å². The Balaban J connectivity index is 2.52. The van der Waals surface area contributed by atoms with Crippen LogP contribution in [-0.2, 0) is 14.8 Å². The van der Waals surface area contributed by atoms with Crippen LogP contribution in [0.2, 0.25) is 0 Å². The molecule has 0 amide bonds. The molecule has 120 valence electrons. The summed E-state index contributed by atoms with van der Waals surface area (Å²) in [5.41, 5.74) is 0.627. The van der Waals surface area contributed by atoms with E-state index in [1.807, 2.05) is 6.07 Å². The first kappa shape index (κ1) is 17.9. The van der Waals surface area contributed by atoms with Crippen molar-refractivity contribution in [2.45, 2.75) is 32.1 Å². The largest absolute Gasteiger partial charge is 0.384 e. The Bertz CT molecular complexity index is 515. The fourth-order valence-corrected chi connectivity index (χ4v) is 3.05. The minimum atomic E-state index is -3.44. The molecule has 0 radical (unpaired) electrons. The van der Waals surface area contributed by atoms with Gasteiger partial charge in [0, 0.05) is 26.3 Å². The van der Waals surface area contributed by atoms with E-state index in [0.29, 0.717) is 31.3 Å². The van der Waals surface area contributed by atoms with Crippen LogP contribution < -0.4 is 10.0 Å². The van der Waals surface area contributed by atoms with Crippen LogP contribution in [-0.4, -0.2) is 34.7 Å². The molecular formula is C15H26N2O3S. The van der Waals surface area contributed by atoms with E-state index in [1.54, 1.807) is 25.1 Å². The standard InChI is InChI=1S/C15H26N2O3S/c1-4-17-21(18,19)15-9-6-5-8-14(15)16-10-7-11-20-12-13(2)3/h5-6,8-9,13,16-17H,4,7,10-12H2,1-3H3. The second kappa shape index (κ2) is 9.02. The maximum atomic E-state index is 12.1. The highest BCUT2D eigenvalue weighted by Gasteiger charge is 2.16. The minimum absolute atomic E-state index is 0.287. The van der Waals surface area contributed by atoms with E-state index >= 15 is 0 Å². The van der Waals surface area contributed by atoms with Crippen molar-refractivity contribution in [2.24, 2.45) is 5.92 Å². The molecule has 6 heteroatoms. The summed E-state index contributed by atoms with van der Waals surface area (Å²) < 4.78 is 32.2. The van der Waals surface area contributed by atoms with Crippen molar-refractivity contribution in [3.63, 3.8) is 0 Å². The molecule has 1 aromatic carbocycles. The van der Waals surface area contributed by atoms with E-state index in [2.05, 4.69) is 23.9 Å². The van der Waals surface area contributed by atoms with Gasteiger partial charge in [0.1, 0.15) is 4.90 Å². The topological polar surface area (TPSA) is 67.4 Å². The molecular weight excluding hydrogens is 288 g/mol. The molecule has 5 nitrogen and oxygen atoms in total. The second-order valence-electron chi connectivity index (χ2n) is 5.25. The SMILES string of the molecule is CCNS(=O)(=O)c1ccccc1NCCCOCC(C)C. The number of para-hydroxylation sites is 1. The molecule has 0 aliphatic carbocycles. The highest BCUT2D eigenvalue weighted by molar-refractivity contribution is 7.89. The van der Waals surface area contributed by atoms with E-state index in [1.165, 1.54) is 0 Å². The zero-order valence-electron chi connectivity index (χ0n) is 13.1. The summed E-state index contributed by atoms with van der Waals surface area (Å²) in [4.78, 5) is 0.287. The lowest BCUT2D eigenvalue weighted by molar-refractivity contribution is 0.110. The number of rotatable bonds is 10. The number of benzene rings is 1. The van der Waals surface area contributed by atoms with Crippen LogP contribution in [0.5, 0.6) is 0 Å². The van der Waals surface area contributed by atoms with E-state index in [0.717, 1.165) is 13.0 Å². The van der Waals surface area contributed by atoms with E-state index in [9.17, 15) is 8.42 Å². The molecule has 0 fully saturated rings. The molecule has 0 aromatic heterocycles. The Hall–Kier alpha value is -1.11. The Morgan fingerprint density at radius 2 is 1.95 bits per heavy atom. The van der Waals surface area contributed by atoms with Crippen LogP contribution in [0.4, 0.5) is 5.69 Å². The van der Waals surface area contributed by atoms with Crippen molar-refractivity contribution < 1.29 is 13.2 Å². The van der Waals surface area contributed by atoms with Crippen LogP contribution >= 0.6 is 0 Å². The molecule has 1 rings (SSSR count). The molecule has 0 bridgehead atoms. The molecule has 0 aliphatic rings. The molecule has 0 heterocycles. The summed E-state index contributed by atoms with van der Waals surface area (Å²) in [5, 5.41) is 3.17. The Morgan fingerprint density at radius 3 is 2.62 bits per heavy atom. The van der Waals surface area contributed by atoms with Gasteiger partial charge in [-0.3, -0.25) is 0 Å². The molecule has 0 unspecified atom stereocenters. The van der Waals surface area contributed by atoms with Crippen molar-refractivity contribution in [1.82, 2.24) is 4.72 Å². The lowest BCUT2D eigenvalue weighted by atomic mass is 10.2. The summed E-state index contributed by atoms with van der Waals surface area (Å²) >= 11 is 0. The van der Waals surface area contributed by atoms with E-state index in [4.69, 9.17) is 4.74 Å². The van der Waals surface area contributed by atoms with Gasteiger partial charge in [-0.2, -0.15) is 0 Å². The fourth-order valence-electron chi connectivity index (χ4n) is 1.83. The lowest BCUT2D eigenvalue weighted by Crippen LogP contribution is -2.24. The molecule has 0 spiro atoms.